The van der Waals surface area contributed by atoms with Gasteiger partial charge in [0.05, 0.1) is 6.04 Å². The maximum absolute atomic E-state index is 3.97. The lowest BCUT2D eigenvalue weighted by Crippen LogP contribution is -2.06. The molecular weight excluding hydrogens is 194 g/mol. The summed E-state index contributed by atoms with van der Waals surface area (Å²) in [5.41, 5.74) is 0. The summed E-state index contributed by atoms with van der Waals surface area (Å²) in [5, 5.41) is 13.1. The molecule has 0 saturated heterocycles. The molecule has 14 heavy (non-hydrogen) atoms. The number of rotatable bonds is 3. The molecule has 2 heterocycles. The number of hydrogen-bond acceptors (Lipinski definition) is 4. The third-order valence-corrected chi connectivity index (χ3v) is 2.96. The minimum Gasteiger partial charge on any atom is -0.361 e. The first kappa shape index (κ1) is 9.15. The van der Waals surface area contributed by atoms with Crippen molar-refractivity contribution < 1.29 is 0 Å². The predicted octanol–water partition coefficient (Wildman–Crippen LogP) is 2.71. The molecule has 2 aromatic heterocycles. The van der Waals surface area contributed by atoms with Gasteiger partial charge in [-0.25, -0.2) is 0 Å². The molecule has 0 aromatic carbocycles. The highest BCUT2D eigenvalue weighted by Crippen LogP contribution is 2.21. The summed E-state index contributed by atoms with van der Waals surface area (Å²) >= 11 is 1.74. The zero-order chi connectivity index (χ0) is 9.80. The predicted molar refractivity (Wildman–Crippen MR) is 58.4 cm³/mol. The average molecular weight is 205 g/mol. The minimum absolute atomic E-state index is 0.284. The van der Waals surface area contributed by atoms with Crippen molar-refractivity contribution in [2.24, 2.45) is 0 Å². The third-order valence-electron chi connectivity index (χ3n) is 1.91. The Morgan fingerprint density at radius 1 is 1.36 bits per heavy atom. The molecule has 0 amide bonds. The lowest BCUT2D eigenvalue weighted by molar-refractivity contribution is 0.879. The van der Waals surface area contributed by atoms with Gasteiger partial charge in [-0.1, -0.05) is 6.07 Å². The highest BCUT2D eigenvalue weighted by Gasteiger charge is 2.05. The van der Waals surface area contributed by atoms with E-state index in [2.05, 4.69) is 40.0 Å². The first-order chi connectivity index (χ1) is 6.86. The van der Waals surface area contributed by atoms with Gasteiger partial charge in [0.15, 0.2) is 0 Å². The molecule has 0 fully saturated rings. The van der Waals surface area contributed by atoms with Crippen LogP contribution in [0.1, 0.15) is 17.8 Å². The number of nitrogens with zero attached hydrogens (tertiary/aromatic N) is 2. The second-order valence-corrected chi connectivity index (χ2v) is 3.97. The van der Waals surface area contributed by atoms with Gasteiger partial charge in [-0.2, -0.15) is 5.10 Å². The Morgan fingerprint density at radius 2 is 2.29 bits per heavy atom. The molecule has 1 atom stereocenters. The van der Waals surface area contributed by atoms with Gasteiger partial charge in [0.1, 0.15) is 5.82 Å². The topological polar surface area (TPSA) is 37.8 Å². The second kappa shape index (κ2) is 4.19. The lowest BCUT2D eigenvalue weighted by atomic mass is 10.3. The first-order valence-electron chi connectivity index (χ1n) is 4.44. The second-order valence-electron chi connectivity index (χ2n) is 2.99. The molecule has 0 spiro atoms. The van der Waals surface area contributed by atoms with E-state index >= 15 is 0 Å². The maximum atomic E-state index is 3.97. The van der Waals surface area contributed by atoms with Gasteiger partial charge in [-0.15, -0.1) is 16.4 Å². The Labute approximate surface area is 86.8 Å². The van der Waals surface area contributed by atoms with Crippen molar-refractivity contribution in [1.82, 2.24) is 10.2 Å². The van der Waals surface area contributed by atoms with Crippen LogP contribution in [0, 0.1) is 0 Å². The number of hydrogen-bond donors (Lipinski definition) is 1. The Bertz CT molecular complexity index is 372. The Kier molecular flexibility index (Phi) is 2.74. The number of thiophene rings is 1. The lowest BCUT2D eigenvalue weighted by Gasteiger charge is -2.11. The summed E-state index contributed by atoms with van der Waals surface area (Å²) in [7, 11) is 0. The Hall–Kier alpha value is -1.42. The smallest absolute Gasteiger partial charge is 0.149 e. The summed E-state index contributed by atoms with van der Waals surface area (Å²) in [5.74, 6) is 0.813. The van der Waals surface area contributed by atoms with Crippen LogP contribution in [0.4, 0.5) is 5.82 Å². The van der Waals surface area contributed by atoms with Crippen molar-refractivity contribution in [2.75, 3.05) is 5.32 Å². The van der Waals surface area contributed by atoms with E-state index in [1.54, 1.807) is 17.5 Å². The van der Waals surface area contributed by atoms with Crippen LogP contribution in [-0.2, 0) is 0 Å². The van der Waals surface area contributed by atoms with Crippen LogP contribution in [-0.4, -0.2) is 10.2 Å². The van der Waals surface area contributed by atoms with Crippen molar-refractivity contribution in [2.45, 2.75) is 13.0 Å². The SMILES string of the molecule is C[C@@H](Nc1cccnn1)c1cccs1. The maximum Gasteiger partial charge on any atom is 0.149 e. The zero-order valence-electron chi connectivity index (χ0n) is 7.84. The largest absolute Gasteiger partial charge is 0.361 e. The Morgan fingerprint density at radius 3 is 2.93 bits per heavy atom. The van der Waals surface area contributed by atoms with E-state index in [0.717, 1.165) is 5.82 Å². The van der Waals surface area contributed by atoms with E-state index in [1.807, 2.05) is 12.1 Å². The fourth-order valence-electron chi connectivity index (χ4n) is 1.21. The summed E-state index contributed by atoms with van der Waals surface area (Å²) in [6.45, 7) is 2.11. The molecule has 1 N–H and O–H groups in total. The van der Waals surface area contributed by atoms with E-state index in [4.69, 9.17) is 0 Å². The molecule has 3 nitrogen and oxygen atoms in total. The van der Waals surface area contributed by atoms with Crippen LogP contribution in [0.15, 0.2) is 35.8 Å². The molecule has 0 bridgehead atoms. The molecule has 0 saturated carbocycles. The minimum atomic E-state index is 0.284. The molecule has 0 aliphatic carbocycles. The van der Waals surface area contributed by atoms with Gasteiger partial charge in [0.2, 0.25) is 0 Å². The highest BCUT2D eigenvalue weighted by atomic mass is 32.1. The summed E-state index contributed by atoms with van der Waals surface area (Å²) in [4.78, 5) is 1.30. The van der Waals surface area contributed by atoms with E-state index in [0.29, 0.717) is 0 Å². The fourth-order valence-corrected chi connectivity index (χ4v) is 1.94. The van der Waals surface area contributed by atoms with Crippen LogP contribution < -0.4 is 5.32 Å². The summed E-state index contributed by atoms with van der Waals surface area (Å²) in [6.07, 6.45) is 1.67. The zero-order valence-corrected chi connectivity index (χ0v) is 8.66. The van der Waals surface area contributed by atoms with E-state index in [9.17, 15) is 0 Å². The molecule has 4 heteroatoms. The molecule has 0 aliphatic rings. The quantitative estimate of drug-likeness (QED) is 0.837. The molecule has 72 valence electrons. The van der Waals surface area contributed by atoms with Crippen LogP contribution in [0.25, 0.3) is 0 Å². The molecule has 0 radical (unpaired) electrons. The number of nitrogens with one attached hydrogen (secondary N) is 1. The van der Waals surface area contributed by atoms with Crippen molar-refractivity contribution in [3.63, 3.8) is 0 Å². The van der Waals surface area contributed by atoms with E-state index in [-0.39, 0.29) is 6.04 Å². The van der Waals surface area contributed by atoms with Crippen LogP contribution in [0.5, 0.6) is 0 Å². The first-order valence-corrected chi connectivity index (χ1v) is 5.32. The molecule has 0 unspecified atom stereocenters. The van der Waals surface area contributed by atoms with Gasteiger partial charge >= 0.3 is 0 Å². The summed E-state index contributed by atoms with van der Waals surface area (Å²) < 4.78 is 0. The van der Waals surface area contributed by atoms with Crippen molar-refractivity contribution >= 4 is 17.2 Å². The normalized spacial score (nSPS) is 12.4. The van der Waals surface area contributed by atoms with Crippen LogP contribution in [0.2, 0.25) is 0 Å². The van der Waals surface area contributed by atoms with Crippen LogP contribution in [0.3, 0.4) is 0 Å². The number of anilines is 1. The Balaban J connectivity index is 2.06. The molecule has 0 aliphatic heterocycles. The summed E-state index contributed by atoms with van der Waals surface area (Å²) in [6, 6.07) is 8.23. The standard InChI is InChI=1S/C10H11N3S/c1-8(9-4-3-7-14-9)12-10-5-2-6-11-13-10/h2-8H,1H3,(H,12,13)/t8-/m1/s1. The highest BCUT2D eigenvalue weighted by molar-refractivity contribution is 7.10. The monoisotopic (exact) mass is 205 g/mol. The van der Waals surface area contributed by atoms with Crippen molar-refractivity contribution in [1.29, 1.82) is 0 Å². The number of aromatic nitrogens is 2. The van der Waals surface area contributed by atoms with Crippen LogP contribution >= 0.6 is 11.3 Å². The van der Waals surface area contributed by atoms with Gasteiger partial charge < -0.3 is 5.32 Å². The molecular formula is C10H11N3S. The third kappa shape index (κ3) is 2.09. The van der Waals surface area contributed by atoms with E-state index < -0.39 is 0 Å². The molecule has 2 rings (SSSR count). The van der Waals surface area contributed by atoms with Gasteiger partial charge in [-0.05, 0) is 30.5 Å². The molecule has 2 aromatic rings. The van der Waals surface area contributed by atoms with Crippen molar-refractivity contribution in [3.05, 3.63) is 40.7 Å². The fraction of sp³-hybridized carbons (Fsp3) is 0.200. The van der Waals surface area contributed by atoms with Gasteiger partial charge in [0.25, 0.3) is 0 Å². The van der Waals surface area contributed by atoms with E-state index in [1.165, 1.54) is 4.88 Å². The van der Waals surface area contributed by atoms with Gasteiger partial charge in [0, 0.05) is 11.1 Å². The average Bonchev–Trinajstić information content (AvgIpc) is 2.72. The van der Waals surface area contributed by atoms with Crippen molar-refractivity contribution in [3.8, 4) is 0 Å². The van der Waals surface area contributed by atoms with Gasteiger partial charge in [-0.3, -0.25) is 0 Å².